The summed E-state index contributed by atoms with van der Waals surface area (Å²) >= 11 is 1.81. The van der Waals surface area contributed by atoms with Gasteiger partial charge in [-0.05, 0) is 6.92 Å². The van der Waals surface area contributed by atoms with E-state index in [-0.39, 0.29) is 0 Å². The predicted molar refractivity (Wildman–Crippen MR) is 39.2 cm³/mol. The molecule has 1 unspecified atom stereocenters. The molecule has 2 nitrogen and oxygen atoms in total. The fourth-order valence-electron chi connectivity index (χ4n) is 0.231. The van der Waals surface area contributed by atoms with Gasteiger partial charge in [0.15, 0.2) is 0 Å². The van der Waals surface area contributed by atoms with E-state index in [9.17, 15) is 4.57 Å². The molecule has 0 fully saturated rings. The second-order valence-corrected chi connectivity index (χ2v) is 8.17. The predicted octanol–water partition coefficient (Wildman–Crippen LogP) is 2.28. The molecule has 0 aromatic heterocycles. The second-order valence-electron chi connectivity index (χ2n) is 1.16. The fraction of sp³-hybridized carbons (Fsp3) is 1.00. The Balaban J connectivity index is 3.36. The highest BCUT2D eigenvalue weighted by Gasteiger charge is 2.05. The summed E-state index contributed by atoms with van der Waals surface area (Å²) in [4.78, 5) is 0. The lowest BCUT2D eigenvalue weighted by Crippen LogP contribution is -1.77. The highest BCUT2D eigenvalue weighted by Crippen LogP contribution is 2.51. The smallest absolute Gasteiger partial charge is 0.256 e. The van der Waals surface area contributed by atoms with Crippen molar-refractivity contribution >= 4 is 27.1 Å². The molecule has 7 heavy (non-hydrogen) atoms. The van der Waals surface area contributed by atoms with Crippen molar-refractivity contribution in [2.45, 2.75) is 6.92 Å². The van der Waals surface area contributed by atoms with Gasteiger partial charge in [0, 0.05) is 28.7 Å². The van der Waals surface area contributed by atoms with E-state index in [4.69, 9.17) is 4.52 Å². The van der Waals surface area contributed by atoms with Crippen molar-refractivity contribution in [1.29, 1.82) is 0 Å². The first-order chi connectivity index (χ1) is 3.06. The first kappa shape index (κ1) is 7.92. The van der Waals surface area contributed by atoms with Crippen LogP contribution in [0.25, 0.3) is 0 Å². The molecule has 0 saturated heterocycles. The molecule has 0 amide bonds. The van der Waals surface area contributed by atoms with Gasteiger partial charge in [-0.25, -0.2) is 0 Å². The highest BCUT2D eigenvalue weighted by atomic mass is 127. The summed E-state index contributed by atoms with van der Waals surface area (Å²) < 4.78 is 15.4. The summed E-state index contributed by atoms with van der Waals surface area (Å²) in [5, 5.41) is -2.20. The molecular weight excluding hydrogens is 226 g/mol. The zero-order chi connectivity index (χ0) is 5.91. The van der Waals surface area contributed by atoms with E-state index in [1.807, 2.05) is 29.0 Å². The molecule has 0 rings (SSSR count). The van der Waals surface area contributed by atoms with Crippen molar-refractivity contribution in [2.24, 2.45) is 0 Å². The van der Waals surface area contributed by atoms with Gasteiger partial charge in [-0.2, -0.15) is 0 Å². The fourth-order valence-corrected chi connectivity index (χ4v) is 1.53. The van der Waals surface area contributed by atoms with Gasteiger partial charge in [-0.1, -0.05) is 0 Å². The third-order valence-corrected chi connectivity index (χ3v) is 1.91. The van der Waals surface area contributed by atoms with Crippen LogP contribution in [0.5, 0.6) is 0 Å². The minimum atomic E-state index is -2.20. The second kappa shape index (κ2) is 3.05. The monoisotopic (exact) mass is 234 g/mol. The van der Waals surface area contributed by atoms with Crippen LogP contribution in [-0.2, 0) is 9.09 Å². The van der Waals surface area contributed by atoms with E-state index < -0.39 is 5.01 Å². The number of rotatable bonds is 2. The van der Waals surface area contributed by atoms with Crippen molar-refractivity contribution in [1.82, 2.24) is 0 Å². The summed E-state index contributed by atoms with van der Waals surface area (Å²) in [5.74, 6) is 0. The van der Waals surface area contributed by atoms with Gasteiger partial charge in [0.25, 0.3) is 5.01 Å². The maximum absolute atomic E-state index is 10.6. The summed E-state index contributed by atoms with van der Waals surface area (Å²) in [6, 6.07) is 0. The van der Waals surface area contributed by atoms with E-state index in [1.165, 1.54) is 0 Å². The van der Waals surface area contributed by atoms with E-state index >= 15 is 0 Å². The summed E-state index contributed by atoms with van der Waals surface area (Å²) in [5.41, 5.74) is 0. The van der Waals surface area contributed by atoms with Crippen LogP contribution < -0.4 is 0 Å². The standard InChI is InChI=1S/C3H8IO2P/c1-3-6-7(2,4)5/h3H2,1-2H3. The van der Waals surface area contributed by atoms with Gasteiger partial charge in [-0.15, -0.1) is 0 Å². The minimum absolute atomic E-state index is 0.538. The molecule has 0 spiro atoms. The molecule has 0 aromatic carbocycles. The first-order valence-electron chi connectivity index (χ1n) is 1.98. The Hall–Kier alpha value is 0.920. The van der Waals surface area contributed by atoms with Crippen LogP contribution in [0.3, 0.4) is 0 Å². The number of hydrogen-bond donors (Lipinski definition) is 0. The van der Waals surface area contributed by atoms with Crippen LogP contribution in [0.15, 0.2) is 0 Å². The van der Waals surface area contributed by atoms with Crippen molar-refractivity contribution in [3.05, 3.63) is 0 Å². The third-order valence-electron chi connectivity index (χ3n) is 0.360. The minimum Gasteiger partial charge on any atom is -0.322 e. The van der Waals surface area contributed by atoms with Gasteiger partial charge in [0.2, 0.25) is 0 Å². The maximum atomic E-state index is 10.6. The van der Waals surface area contributed by atoms with Crippen LogP contribution in [0.1, 0.15) is 6.92 Å². The molecule has 4 heteroatoms. The van der Waals surface area contributed by atoms with Crippen LogP contribution in [0.4, 0.5) is 0 Å². The number of hydrogen-bond acceptors (Lipinski definition) is 2. The normalized spacial score (nSPS) is 18.7. The average Bonchev–Trinajstić information content (AvgIpc) is 1.30. The molecule has 0 aliphatic heterocycles. The highest BCUT2D eigenvalue weighted by molar-refractivity contribution is 14.2. The van der Waals surface area contributed by atoms with E-state index in [1.54, 1.807) is 6.66 Å². The molecule has 0 aliphatic carbocycles. The van der Waals surface area contributed by atoms with Crippen LogP contribution in [0, 0.1) is 0 Å². The average molecular weight is 234 g/mol. The molecule has 0 aliphatic rings. The van der Waals surface area contributed by atoms with Gasteiger partial charge >= 0.3 is 0 Å². The summed E-state index contributed by atoms with van der Waals surface area (Å²) in [6.45, 7) is 3.96. The maximum Gasteiger partial charge on any atom is 0.256 e. The van der Waals surface area contributed by atoms with Gasteiger partial charge in [0.1, 0.15) is 0 Å². The van der Waals surface area contributed by atoms with Crippen LogP contribution >= 0.6 is 27.1 Å². The van der Waals surface area contributed by atoms with Gasteiger partial charge in [0.05, 0.1) is 6.61 Å². The van der Waals surface area contributed by atoms with Crippen molar-refractivity contribution in [3.8, 4) is 0 Å². The Morgan fingerprint density at radius 3 is 2.29 bits per heavy atom. The van der Waals surface area contributed by atoms with Crippen molar-refractivity contribution < 1.29 is 9.09 Å². The lowest BCUT2D eigenvalue weighted by Gasteiger charge is -2.00. The Morgan fingerprint density at radius 2 is 2.29 bits per heavy atom. The lowest BCUT2D eigenvalue weighted by atomic mass is 10.9. The molecule has 0 aromatic rings. The van der Waals surface area contributed by atoms with E-state index in [0.29, 0.717) is 6.61 Å². The Kier molecular flexibility index (Phi) is 3.45. The topological polar surface area (TPSA) is 26.3 Å². The number of halogens is 1. The Bertz CT molecular complexity index is 86.9. The van der Waals surface area contributed by atoms with Crippen molar-refractivity contribution in [3.63, 3.8) is 0 Å². The molecule has 0 N–H and O–H groups in total. The third kappa shape index (κ3) is 6.92. The zero-order valence-corrected chi connectivity index (χ0v) is 7.40. The zero-order valence-electron chi connectivity index (χ0n) is 4.35. The molecule has 0 bridgehead atoms. The summed E-state index contributed by atoms with van der Waals surface area (Å²) in [6.07, 6.45) is 0. The largest absolute Gasteiger partial charge is 0.322 e. The SMILES string of the molecule is CCOP(C)(=O)I. The molecule has 1 atom stereocenters. The first-order valence-corrected chi connectivity index (χ1v) is 6.83. The molecule has 0 heterocycles. The molecule has 0 radical (unpaired) electrons. The Labute approximate surface area is 56.6 Å². The van der Waals surface area contributed by atoms with E-state index in [2.05, 4.69) is 0 Å². The quantitative estimate of drug-likeness (QED) is 0.541. The van der Waals surface area contributed by atoms with E-state index in [0.717, 1.165) is 0 Å². The Morgan fingerprint density at radius 1 is 1.86 bits per heavy atom. The van der Waals surface area contributed by atoms with Crippen LogP contribution in [0.2, 0.25) is 0 Å². The lowest BCUT2D eigenvalue weighted by molar-refractivity contribution is 0.352. The molecular formula is C3H8IO2P. The van der Waals surface area contributed by atoms with Gasteiger partial charge in [-0.3, -0.25) is 4.57 Å². The summed E-state index contributed by atoms with van der Waals surface area (Å²) in [7, 11) is 0. The van der Waals surface area contributed by atoms with Crippen LogP contribution in [-0.4, -0.2) is 13.3 Å². The van der Waals surface area contributed by atoms with Gasteiger partial charge < -0.3 is 4.52 Å². The van der Waals surface area contributed by atoms with Crippen molar-refractivity contribution in [2.75, 3.05) is 13.3 Å². The molecule has 44 valence electrons. The molecule has 0 saturated carbocycles.